The molecule has 0 aliphatic rings. The quantitative estimate of drug-likeness (QED) is 0.759. The van der Waals surface area contributed by atoms with Gasteiger partial charge in [0.25, 0.3) is 0 Å². The first-order chi connectivity index (χ1) is 12.6. The molecule has 2 aromatic heterocycles. The van der Waals surface area contributed by atoms with Crippen LogP contribution in [0.1, 0.15) is 22.5 Å². The second-order valence-corrected chi connectivity index (χ2v) is 5.76. The molecule has 0 atom stereocenters. The van der Waals surface area contributed by atoms with Gasteiger partial charge >= 0.3 is 6.03 Å². The topological polar surface area (TPSA) is 95.6 Å². The second kappa shape index (κ2) is 7.49. The van der Waals surface area contributed by atoms with Crippen LogP contribution in [0, 0.1) is 25.2 Å². The van der Waals surface area contributed by atoms with E-state index < -0.39 is 0 Å². The van der Waals surface area contributed by atoms with Crippen LogP contribution in [0.2, 0.25) is 0 Å². The van der Waals surface area contributed by atoms with Crippen molar-refractivity contribution in [3.8, 4) is 11.8 Å². The summed E-state index contributed by atoms with van der Waals surface area (Å²) in [5.74, 6) is 0.589. The molecule has 3 aromatic rings. The van der Waals surface area contributed by atoms with E-state index in [-0.39, 0.29) is 6.03 Å². The molecule has 1 aromatic carbocycles. The number of urea groups is 1. The lowest BCUT2D eigenvalue weighted by atomic mass is 10.2. The van der Waals surface area contributed by atoms with Crippen LogP contribution in [0.3, 0.4) is 0 Å². The van der Waals surface area contributed by atoms with Crippen molar-refractivity contribution in [3.63, 3.8) is 0 Å². The van der Waals surface area contributed by atoms with Crippen molar-refractivity contribution < 1.29 is 4.79 Å². The monoisotopic (exact) mass is 346 g/mol. The molecule has 0 bridgehead atoms. The van der Waals surface area contributed by atoms with E-state index in [1.165, 1.54) is 0 Å². The van der Waals surface area contributed by atoms with Crippen LogP contribution in [-0.2, 0) is 6.54 Å². The van der Waals surface area contributed by atoms with Crippen LogP contribution in [0.4, 0.5) is 10.6 Å². The highest BCUT2D eigenvalue weighted by Gasteiger charge is 2.15. The Labute approximate surface area is 151 Å². The van der Waals surface area contributed by atoms with Crippen LogP contribution in [0.5, 0.6) is 0 Å². The molecule has 2 amide bonds. The maximum atomic E-state index is 12.3. The van der Waals surface area contributed by atoms with E-state index in [4.69, 9.17) is 5.26 Å². The van der Waals surface area contributed by atoms with E-state index in [2.05, 4.69) is 26.8 Å². The van der Waals surface area contributed by atoms with E-state index in [9.17, 15) is 4.79 Å². The van der Waals surface area contributed by atoms with Crippen molar-refractivity contribution in [1.82, 2.24) is 20.1 Å². The number of nitrogens with one attached hydrogen (secondary N) is 2. The molecular weight excluding hydrogens is 328 g/mol. The third-order valence-electron chi connectivity index (χ3n) is 3.99. The molecule has 3 rings (SSSR count). The number of nitrogens with zero attached hydrogens (tertiary/aromatic N) is 4. The number of pyridine rings is 1. The third kappa shape index (κ3) is 3.70. The summed E-state index contributed by atoms with van der Waals surface area (Å²) >= 11 is 0. The Morgan fingerprint density at radius 3 is 2.62 bits per heavy atom. The summed E-state index contributed by atoms with van der Waals surface area (Å²) in [6.07, 6.45) is 1.68. The van der Waals surface area contributed by atoms with Gasteiger partial charge in [0.1, 0.15) is 5.82 Å². The fourth-order valence-corrected chi connectivity index (χ4v) is 2.44. The lowest BCUT2D eigenvalue weighted by Crippen LogP contribution is -2.29. The van der Waals surface area contributed by atoms with Gasteiger partial charge in [0.05, 0.1) is 35.3 Å². The normalized spacial score (nSPS) is 10.2. The molecular formula is C19H18N6O. The van der Waals surface area contributed by atoms with Gasteiger partial charge in [-0.2, -0.15) is 10.4 Å². The molecule has 2 heterocycles. The standard InChI is InChI=1S/C19H18N6O/c1-13-14(2)24-25(17-8-6-15(11-20)7-9-17)18(13)23-19(26)22-12-16-5-3-4-10-21-16/h3-10H,12H2,1-2H3,(H2,22,23,26). The van der Waals surface area contributed by atoms with Gasteiger partial charge in [0.15, 0.2) is 0 Å². The van der Waals surface area contributed by atoms with Crippen molar-refractivity contribution in [2.24, 2.45) is 0 Å². The lowest BCUT2D eigenvalue weighted by molar-refractivity contribution is 0.251. The van der Waals surface area contributed by atoms with E-state index in [1.54, 1.807) is 35.1 Å². The maximum absolute atomic E-state index is 12.3. The molecule has 0 radical (unpaired) electrons. The molecule has 26 heavy (non-hydrogen) atoms. The van der Waals surface area contributed by atoms with E-state index in [0.29, 0.717) is 17.9 Å². The zero-order chi connectivity index (χ0) is 18.5. The van der Waals surface area contributed by atoms with Gasteiger partial charge < -0.3 is 5.32 Å². The highest BCUT2D eigenvalue weighted by Crippen LogP contribution is 2.23. The largest absolute Gasteiger partial charge is 0.332 e. The van der Waals surface area contributed by atoms with Crippen molar-refractivity contribution in [2.75, 3.05) is 5.32 Å². The zero-order valence-electron chi connectivity index (χ0n) is 14.5. The summed E-state index contributed by atoms with van der Waals surface area (Å²) in [6, 6.07) is 14.3. The second-order valence-electron chi connectivity index (χ2n) is 5.76. The highest BCUT2D eigenvalue weighted by molar-refractivity contribution is 5.89. The van der Waals surface area contributed by atoms with Gasteiger partial charge in [0, 0.05) is 11.8 Å². The third-order valence-corrected chi connectivity index (χ3v) is 3.99. The van der Waals surface area contributed by atoms with Crippen LogP contribution in [0.15, 0.2) is 48.7 Å². The summed E-state index contributed by atoms with van der Waals surface area (Å²) in [4.78, 5) is 16.5. The summed E-state index contributed by atoms with van der Waals surface area (Å²) in [5, 5.41) is 19.1. The summed E-state index contributed by atoms with van der Waals surface area (Å²) < 4.78 is 1.66. The Hall–Kier alpha value is -3.66. The van der Waals surface area contributed by atoms with Gasteiger partial charge in [0.2, 0.25) is 0 Å². The number of carbonyl (C=O) groups excluding carboxylic acids is 1. The predicted molar refractivity (Wildman–Crippen MR) is 97.8 cm³/mol. The van der Waals surface area contributed by atoms with Crippen LogP contribution in [-0.4, -0.2) is 20.8 Å². The predicted octanol–water partition coefficient (Wildman–Crippen LogP) is 3.08. The lowest BCUT2D eigenvalue weighted by Gasteiger charge is -2.11. The highest BCUT2D eigenvalue weighted by atomic mass is 16.2. The molecule has 0 unspecified atom stereocenters. The first-order valence-electron chi connectivity index (χ1n) is 8.10. The minimum atomic E-state index is -0.339. The molecule has 0 aliphatic heterocycles. The summed E-state index contributed by atoms with van der Waals surface area (Å²) in [6.45, 7) is 4.11. The fourth-order valence-electron chi connectivity index (χ4n) is 2.44. The number of hydrogen-bond donors (Lipinski definition) is 2. The molecule has 7 heteroatoms. The van der Waals surface area contributed by atoms with Gasteiger partial charge in [-0.15, -0.1) is 0 Å². The van der Waals surface area contributed by atoms with E-state index >= 15 is 0 Å². The molecule has 7 nitrogen and oxygen atoms in total. The molecule has 2 N–H and O–H groups in total. The maximum Gasteiger partial charge on any atom is 0.320 e. The number of aryl methyl sites for hydroxylation is 1. The molecule has 130 valence electrons. The Morgan fingerprint density at radius 2 is 1.96 bits per heavy atom. The number of amides is 2. The number of nitriles is 1. The minimum Gasteiger partial charge on any atom is -0.332 e. The average Bonchev–Trinajstić information content (AvgIpc) is 2.95. The zero-order valence-corrected chi connectivity index (χ0v) is 14.5. The molecule has 0 aliphatic carbocycles. The Kier molecular flexibility index (Phi) is 4.94. The smallest absolute Gasteiger partial charge is 0.320 e. The number of rotatable bonds is 4. The number of carbonyl (C=O) groups is 1. The number of aromatic nitrogens is 3. The summed E-state index contributed by atoms with van der Waals surface area (Å²) in [7, 11) is 0. The first-order valence-corrected chi connectivity index (χ1v) is 8.10. The van der Waals surface area contributed by atoms with Gasteiger partial charge in [-0.05, 0) is 50.2 Å². The van der Waals surface area contributed by atoms with Crippen molar-refractivity contribution in [1.29, 1.82) is 5.26 Å². The molecule has 0 saturated carbocycles. The fraction of sp³-hybridized carbons (Fsp3) is 0.158. The molecule has 0 saturated heterocycles. The van der Waals surface area contributed by atoms with Crippen LogP contribution in [0.25, 0.3) is 5.69 Å². The van der Waals surface area contributed by atoms with E-state index in [0.717, 1.165) is 22.6 Å². The molecule has 0 fully saturated rings. The SMILES string of the molecule is Cc1nn(-c2ccc(C#N)cc2)c(NC(=O)NCc2ccccn2)c1C. The van der Waals surface area contributed by atoms with Crippen molar-refractivity contribution in [3.05, 3.63) is 71.2 Å². The van der Waals surface area contributed by atoms with Crippen molar-refractivity contribution in [2.45, 2.75) is 20.4 Å². The van der Waals surface area contributed by atoms with Gasteiger partial charge in [-0.3, -0.25) is 10.3 Å². The Balaban J connectivity index is 1.78. The number of benzene rings is 1. The van der Waals surface area contributed by atoms with E-state index in [1.807, 2.05) is 32.0 Å². The number of anilines is 1. The minimum absolute atomic E-state index is 0.329. The summed E-state index contributed by atoms with van der Waals surface area (Å²) in [5.41, 5.74) is 3.80. The Bertz CT molecular complexity index is 954. The number of hydrogen-bond acceptors (Lipinski definition) is 4. The average molecular weight is 346 g/mol. The van der Waals surface area contributed by atoms with Crippen LogP contribution >= 0.6 is 0 Å². The first kappa shape index (κ1) is 17.2. The van der Waals surface area contributed by atoms with Gasteiger partial charge in [-0.25, -0.2) is 9.48 Å². The van der Waals surface area contributed by atoms with Crippen molar-refractivity contribution >= 4 is 11.8 Å². The molecule has 0 spiro atoms. The van der Waals surface area contributed by atoms with Gasteiger partial charge in [-0.1, -0.05) is 6.07 Å². The Morgan fingerprint density at radius 1 is 1.19 bits per heavy atom. The van der Waals surface area contributed by atoms with Crippen LogP contribution < -0.4 is 10.6 Å².